The molecule has 0 bridgehead atoms. The lowest BCUT2D eigenvalue weighted by atomic mass is 9.92. The molecule has 0 aliphatic carbocycles. The Kier molecular flexibility index (Phi) is 6.82. The summed E-state index contributed by atoms with van der Waals surface area (Å²) in [6.07, 6.45) is 0. The van der Waals surface area contributed by atoms with E-state index in [0.717, 1.165) is 61.8 Å². The molecular weight excluding hydrogens is 522 g/mol. The minimum Gasteiger partial charge on any atom is -0.399 e. The molecule has 0 aliphatic rings. The topological polar surface area (TPSA) is 55.3 Å². The first-order valence-electron chi connectivity index (χ1n) is 14.4. The summed E-state index contributed by atoms with van der Waals surface area (Å²) < 4.78 is 0. The fourth-order valence-electron chi connectivity index (χ4n) is 5.70. The Balaban J connectivity index is 1.21. The van der Waals surface area contributed by atoms with E-state index in [2.05, 4.69) is 144 Å². The van der Waals surface area contributed by atoms with Crippen LogP contribution in [0.1, 0.15) is 0 Å². The lowest BCUT2D eigenvalue weighted by Crippen LogP contribution is -2.09. The van der Waals surface area contributed by atoms with Crippen molar-refractivity contribution >= 4 is 39.2 Å². The Labute approximate surface area is 252 Å². The van der Waals surface area contributed by atoms with Crippen LogP contribution in [0.4, 0.5) is 28.4 Å². The van der Waals surface area contributed by atoms with Gasteiger partial charge in [0, 0.05) is 28.4 Å². The summed E-state index contributed by atoms with van der Waals surface area (Å²) in [5.41, 5.74) is 23.8. The molecule has 7 aromatic carbocycles. The molecule has 0 aliphatic heterocycles. The largest absolute Gasteiger partial charge is 0.399 e. The normalized spacial score (nSPS) is 11.0. The molecule has 0 fully saturated rings. The first-order chi connectivity index (χ1) is 21.1. The third-order valence-electron chi connectivity index (χ3n) is 7.93. The summed E-state index contributed by atoms with van der Waals surface area (Å²) in [7, 11) is 0. The van der Waals surface area contributed by atoms with E-state index in [1.54, 1.807) is 0 Å². The van der Waals surface area contributed by atoms with Crippen molar-refractivity contribution in [2.75, 3.05) is 16.4 Å². The van der Waals surface area contributed by atoms with E-state index in [1.807, 2.05) is 24.3 Å². The summed E-state index contributed by atoms with van der Waals surface area (Å²) in [6.45, 7) is 0. The van der Waals surface area contributed by atoms with Gasteiger partial charge >= 0.3 is 0 Å². The van der Waals surface area contributed by atoms with Crippen LogP contribution in [0.15, 0.2) is 164 Å². The van der Waals surface area contributed by atoms with Crippen LogP contribution in [0.5, 0.6) is 0 Å². The summed E-state index contributed by atoms with van der Waals surface area (Å²) in [5.74, 6) is 0. The maximum Gasteiger partial charge on any atom is 0.0468 e. The van der Waals surface area contributed by atoms with Gasteiger partial charge in [0.05, 0.1) is 0 Å². The van der Waals surface area contributed by atoms with Gasteiger partial charge in [0.15, 0.2) is 0 Å². The van der Waals surface area contributed by atoms with Crippen molar-refractivity contribution in [2.24, 2.45) is 0 Å². The van der Waals surface area contributed by atoms with Crippen LogP contribution in [0, 0.1) is 0 Å². The van der Waals surface area contributed by atoms with Gasteiger partial charge in [0.1, 0.15) is 0 Å². The van der Waals surface area contributed by atoms with Gasteiger partial charge in [-0.25, -0.2) is 0 Å². The minimum atomic E-state index is 0.739. The standard InChI is InChI=1S/C40H31N3/c41-34-19-14-31(15-20-34)39-25-21-35(42)27-40(39)32-12-10-29(11-13-32)30-16-22-37(23-17-30)43(36-8-2-1-3-9-36)38-24-18-28-6-4-5-7-33(28)26-38/h1-27H,41-42H2. The van der Waals surface area contributed by atoms with Gasteiger partial charge in [-0.2, -0.15) is 0 Å². The number of benzene rings is 7. The lowest BCUT2D eigenvalue weighted by Gasteiger charge is -2.26. The number of para-hydroxylation sites is 1. The van der Waals surface area contributed by atoms with Crippen molar-refractivity contribution in [1.29, 1.82) is 0 Å². The molecule has 7 rings (SSSR count). The molecule has 0 spiro atoms. The van der Waals surface area contributed by atoms with Gasteiger partial charge in [-0.1, -0.05) is 103 Å². The second-order valence-corrected chi connectivity index (χ2v) is 10.8. The second kappa shape index (κ2) is 11.2. The van der Waals surface area contributed by atoms with Crippen LogP contribution >= 0.6 is 0 Å². The molecule has 3 heteroatoms. The highest BCUT2D eigenvalue weighted by Gasteiger charge is 2.14. The third-order valence-corrected chi connectivity index (χ3v) is 7.93. The number of fused-ring (bicyclic) bond motifs is 1. The zero-order valence-corrected chi connectivity index (χ0v) is 23.7. The number of hydrogen-bond donors (Lipinski definition) is 2. The van der Waals surface area contributed by atoms with Crippen LogP contribution in [-0.4, -0.2) is 0 Å². The second-order valence-electron chi connectivity index (χ2n) is 10.8. The van der Waals surface area contributed by atoms with Crippen molar-refractivity contribution in [3.05, 3.63) is 164 Å². The molecule has 43 heavy (non-hydrogen) atoms. The van der Waals surface area contributed by atoms with Crippen molar-refractivity contribution < 1.29 is 0 Å². The fourth-order valence-corrected chi connectivity index (χ4v) is 5.70. The number of nitrogen functional groups attached to an aromatic ring is 2. The van der Waals surface area contributed by atoms with Gasteiger partial charge in [-0.3, -0.25) is 0 Å². The van der Waals surface area contributed by atoms with E-state index >= 15 is 0 Å². The van der Waals surface area contributed by atoms with Gasteiger partial charge in [-0.05, 0) is 105 Å². The lowest BCUT2D eigenvalue weighted by molar-refractivity contribution is 1.29. The molecule has 0 saturated carbocycles. The molecule has 7 aromatic rings. The first-order valence-corrected chi connectivity index (χ1v) is 14.4. The zero-order valence-electron chi connectivity index (χ0n) is 23.7. The molecular formula is C40H31N3. The van der Waals surface area contributed by atoms with Crippen LogP contribution in [0.2, 0.25) is 0 Å². The number of rotatable bonds is 6. The highest BCUT2D eigenvalue weighted by molar-refractivity contribution is 5.90. The quantitative estimate of drug-likeness (QED) is 0.201. The molecule has 206 valence electrons. The number of nitrogens with zero attached hydrogens (tertiary/aromatic N) is 1. The molecule has 0 amide bonds. The SMILES string of the molecule is Nc1ccc(-c2ccc(N)cc2-c2ccc(-c3ccc(N(c4ccccc4)c4ccc5ccccc5c4)cc3)cc2)cc1. The van der Waals surface area contributed by atoms with Crippen LogP contribution in [-0.2, 0) is 0 Å². The molecule has 0 radical (unpaired) electrons. The summed E-state index contributed by atoms with van der Waals surface area (Å²) >= 11 is 0. The van der Waals surface area contributed by atoms with E-state index in [0.29, 0.717) is 0 Å². The van der Waals surface area contributed by atoms with E-state index in [1.165, 1.54) is 10.8 Å². The maximum absolute atomic E-state index is 6.21. The van der Waals surface area contributed by atoms with Gasteiger partial charge < -0.3 is 16.4 Å². The van der Waals surface area contributed by atoms with E-state index in [-0.39, 0.29) is 0 Å². The maximum atomic E-state index is 6.21. The van der Waals surface area contributed by atoms with Gasteiger partial charge in [0.25, 0.3) is 0 Å². The van der Waals surface area contributed by atoms with E-state index < -0.39 is 0 Å². The molecule has 4 N–H and O–H groups in total. The molecule has 0 saturated heterocycles. The summed E-state index contributed by atoms with van der Waals surface area (Å²) in [4.78, 5) is 2.30. The van der Waals surface area contributed by atoms with Crippen molar-refractivity contribution in [3.8, 4) is 33.4 Å². The zero-order chi connectivity index (χ0) is 29.2. The Morgan fingerprint density at radius 2 is 0.837 bits per heavy atom. The minimum absolute atomic E-state index is 0.739. The predicted octanol–water partition coefficient (Wildman–Crippen LogP) is 10.5. The average molecular weight is 554 g/mol. The van der Waals surface area contributed by atoms with Crippen LogP contribution < -0.4 is 16.4 Å². The fraction of sp³-hybridized carbons (Fsp3) is 0. The van der Waals surface area contributed by atoms with Crippen molar-refractivity contribution in [2.45, 2.75) is 0 Å². The number of anilines is 5. The van der Waals surface area contributed by atoms with Crippen LogP contribution in [0.3, 0.4) is 0 Å². The van der Waals surface area contributed by atoms with Crippen LogP contribution in [0.25, 0.3) is 44.2 Å². The van der Waals surface area contributed by atoms with E-state index in [9.17, 15) is 0 Å². The highest BCUT2D eigenvalue weighted by Crippen LogP contribution is 2.38. The summed E-state index contributed by atoms with van der Waals surface area (Å²) in [6, 6.07) is 57.2. The highest BCUT2D eigenvalue weighted by atomic mass is 15.1. The Bertz CT molecular complexity index is 2010. The van der Waals surface area contributed by atoms with Gasteiger partial charge in [0.2, 0.25) is 0 Å². The predicted molar refractivity (Wildman–Crippen MR) is 184 cm³/mol. The monoisotopic (exact) mass is 553 g/mol. The third kappa shape index (κ3) is 5.32. The summed E-state index contributed by atoms with van der Waals surface area (Å²) in [5, 5.41) is 2.45. The average Bonchev–Trinajstić information content (AvgIpc) is 3.06. The molecule has 0 atom stereocenters. The van der Waals surface area contributed by atoms with Gasteiger partial charge in [-0.15, -0.1) is 0 Å². The Morgan fingerprint density at radius 1 is 0.326 bits per heavy atom. The van der Waals surface area contributed by atoms with E-state index in [4.69, 9.17) is 11.5 Å². The molecule has 0 heterocycles. The molecule has 0 aromatic heterocycles. The number of hydrogen-bond acceptors (Lipinski definition) is 3. The molecule has 3 nitrogen and oxygen atoms in total. The first kappa shape index (κ1) is 26.1. The Hall–Kier alpha value is -5.80. The molecule has 0 unspecified atom stereocenters. The van der Waals surface area contributed by atoms with Crippen molar-refractivity contribution in [1.82, 2.24) is 0 Å². The van der Waals surface area contributed by atoms with Crippen molar-refractivity contribution in [3.63, 3.8) is 0 Å². The smallest absolute Gasteiger partial charge is 0.0468 e. The Morgan fingerprint density at radius 3 is 1.56 bits per heavy atom. The number of nitrogens with two attached hydrogens (primary N) is 2.